The first-order valence-electron chi connectivity index (χ1n) is 10.0. The van der Waals surface area contributed by atoms with Gasteiger partial charge in [-0.25, -0.2) is 4.39 Å². The molecule has 2 fully saturated rings. The van der Waals surface area contributed by atoms with Gasteiger partial charge in [-0.3, -0.25) is 4.90 Å². The van der Waals surface area contributed by atoms with E-state index >= 15 is 0 Å². The first kappa shape index (κ1) is 19.9. The zero-order valence-electron chi connectivity index (χ0n) is 17.0. The second kappa shape index (κ2) is 8.13. The Morgan fingerprint density at radius 3 is 2.79 bits per heavy atom. The molecule has 154 valence electrons. The lowest BCUT2D eigenvalue weighted by molar-refractivity contribution is -0.133. The van der Waals surface area contributed by atoms with Gasteiger partial charge in [0.15, 0.2) is 0 Å². The third-order valence-electron chi connectivity index (χ3n) is 6.19. The summed E-state index contributed by atoms with van der Waals surface area (Å²) in [6, 6.07) is 11.1. The fourth-order valence-electron chi connectivity index (χ4n) is 4.41. The Morgan fingerprint density at radius 1 is 1.31 bits per heavy atom. The van der Waals surface area contributed by atoms with E-state index in [2.05, 4.69) is 22.3 Å². The van der Waals surface area contributed by atoms with Crippen molar-refractivity contribution in [3.63, 3.8) is 0 Å². The van der Waals surface area contributed by atoms with Crippen LogP contribution in [0.1, 0.15) is 16.7 Å². The lowest BCUT2D eigenvalue weighted by atomic mass is 9.77. The highest BCUT2D eigenvalue weighted by atomic mass is 19.1. The van der Waals surface area contributed by atoms with Gasteiger partial charge >= 0.3 is 0 Å². The summed E-state index contributed by atoms with van der Waals surface area (Å²) in [4.78, 5) is 2.45. The smallest absolute Gasteiger partial charge is 0.126 e. The predicted molar refractivity (Wildman–Crippen MR) is 113 cm³/mol. The number of ether oxygens (including phenoxy) is 2. The molecule has 0 aromatic heterocycles. The van der Waals surface area contributed by atoms with Crippen LogP contribution < -0.4 is 10.1 Å². The van der Waals surface area contributed by atoms with Gasteiger partial charge in [0.25, 0.3) is 0 Å². The molecule has 4 rings (SSSR count). The van der Waals surface area contributed by atoms with Crippen LogP contribution in [0.5, 0.6) is 5.75 Å². The summed E-state index contributed by atoms with van der Waals surface area (Å²) in [5.74, 6) is 0.887. The molecular weight excluding hydrogens is 369 g/mol. The minimum absolute atomic E-state index is 0.143. The molecule has 1 atom stereocenters. The van der Waals surface area contributed by atoms with Crippen molar-refractivity contribution >= 4 is 11.9 Å². The number of hydrogen-bond acceptors (Lipinski definition) is 5. The third-order valence-corrected chi connectivity index (χ3v) is 6.19. The molecule has 1 spiro atoms. The molecule has 0 saturated carbocycles. The van der Waals surface area contributed by atoms with E-state index < -0.39 is 0 Å². The molecule has 2 heterocycles. The summed E-state index contributed by atoms with van der Waals surface area (Å²) < 4.78 is 25.1. The molecule has 1 unspecified atom stereocenters. The summed E-state index contributed by atoms with van der Waals surface area (Å²) in [7, 11) is 1.87. The van der Waals surface area contributed by atoms with Gasteiger partial charge in [0.05, 0.1) is 19.8 Å². The Hall–Kier alpha value is -2.44. The third kappa shape index (κ3) is 4.00. The maximum absolute atomic E-state index is 13.5. The number of hydrogen-bond donors (Lipinski definition) is 2. The molecule has 0 aliphatic carbocycles. The van der Waals surface area contributed by atoms with E-state index in [0.717, 1.165) is 49.8 Å². The zero-order chi connectivity index (χ0) is 20.4. The van der Waals surface area contributed by atoms with Crippen molar-refractivity contribution in [2.24, 2.45) is 11.3 Å². The second-order valence-corrected chi connectivity index (χ2v) is 8.26. The summed E-state index contributed by atoms with van der Waals surface area (Å²) in [5.41, 5.74) is 3.81. The van der Waals surface area contributed by atoms with Crippen molar-refractivity contribution < 1.29 is 13.9 Å². The molecule has 2 aliphatic heterocycles. The summed E-state index contributed by atoms with van der Waals surface area (Å²) in [6.45, 7) is 6.67. The number of nitrogens with zero attached hydrogens (tertiary/aromatic N) is 1. The minimum Gasteiger partial charge on any atom is -0.493 e. The number of likely N-dealkylation sites (tertiary alicyclic amines) is 1. The highest BCUT2D eigenvalue weighted by Crippen LogP contribution is 2.43. The van der Waals surface area contributed by atoms with E-state index in [4.69, 9.17) is 14.9 Å². The molecule has 2 aliphatic rings. The van der Waals surface area contributed by atoms with Gasteiger partial charge in [0.2, 0.25) is 0 Å². The summed E-state index contributed by atoms with van der Waals surface area (Å²) >= 11 is 0. The van der Waals surface area contributed by atoms with Gasteiger partial charge < -0.3 is 20.2 Å². The molecule has 0 bridgehead atoms. The fraction of sp³-hybridized carbons (Fsp3) is 0.435. The van der Waals surface area contributed by atoms with Gasteiger partial charge in [0.1, 0.15) is 11.6 Å². The molecule has 5 nitrogen and oxygen atoms in total. The molecule has 6 heteroatoms. The van der Waals surface area contributed by atoms with Crippen LogP contribution in [-0.4, -0.2) is 51.1 Å². The Labute approximate surface area is 171 Å². The van der Waals surface area contributed by atoms with Crippen molar-refractivity contribution in [1.82, 2.24) is 4.90 Å². The van der Waals surface area contributed by atoms with Gasteiger partial charge in [-0.2, -0.15) is 0 Å². The lowest BCUT2D eigenvalue weighted by Gasteiger charge is -2.42. The molecule has 2 N–H and O–H groups in total. The van der Waals surface area contributed by atoms with Crippen LogP contribution in [0.4, 0.5) is 10.1 Å². The van der Waals surface area contributed by atoms with Crippen molar-refractivity contribution in [2.45, 2.75) is 13.5 Å². The first-order chi connectivity index (χ1) is 14.0. The number of rotatable bonds is 7. The second-order valence-electron chi connectivity index (χ2n) is 8.26. The lowest BCUT2D eigenvalue weighted by Crippen LogP contribution is -2.50. The van der Waals surface area contributed by atoms with E-state index in [-0.39, 0.29) is 11.2 Å². The van der Waals surface area contributed by atoms with Gasteiger partial charge in [-0.15, -0.1) is 0 Å². The predicted octanol–water partition coefficient (Wildman–Crippen LogP) is 3.70. The molecule has 0 radical (unpaired) electrons. The molecule has 2 aromatic carbocycles. The van der Waals surface area contributed by atoms with Gasteiger partial charge in [-0.1, -0.05) is 6.07 Å². The van der Waals surface area contributed by atoms with Gasteiger partial charge in [-0.05, 0) is 48.4 Å². The number of nitrogens with one attached hydrogen (secondary N) is 2. The van der Waals surface area contributed by atoms with Crippen molar-refractivity contribution in [1.29, 1.82) is 5.41 Å². The molecule has 0 amide bonds. The van der Waals surface area contributed by atoms with Crippen LogP contribution in [0.3, 0.4) is 0 Å². The minimum atomic E-state index is -0.207. The fourth-order valence-corrected chi connectivity index (χ4v) is 4.41. The molecule has 2 aromatic rings. The van der Waals surface area contributed by atoms with Crippen LogP contribution >= 0.6 is 0 Å². The van der Waals surface area contributed by atoms with Crippen molar-refractivity contribution in [3.05, 3.63) is 58.9 Å². The quantitative estimate of drug-likeness (QED) is 0.700. The largest absolute Gasteiger partial charge is 0.493 e. The highest BCUT2D eigenvalue weighted by molar-refractivity contribution is 5.86. The maximum atomic E-state index is 13.5. The van der Waals surface area contributed by atoms with Crippen LogP contribution in [-0.2, 0) is 11.3 Å². The van der Waals surface area contributed by atoms with E-state index in [1.54, 1.807) is 19.1 Å². The standard InChI is InChI=1S/C23H28FN3O2/c1-16-7-20(4-5-21(16)24)29-12-19-11-27(13-23(19)14-28-15-23)10-17-3-6-22(26-2)18(8-17)9-25/h3-9,19,25-26H,10-15H2,1-2H3. The molecular formula is C23H28FN3O2. The normalized spacial score (nSPS) is 20.4. The Balaban J connectivity index is 1.42. The summed E-state index contributed by atoms with van der Waals surface area (Å²) in [5, 5.41) is 10.8. The van der Waals surface area contributed by atoms with Crippen LogP contribution in [0.15, 0.2) is 36.4 Å². The highest BCUT2D eigenvalue weighted by Gasteiger charge is 2.52. The van der Waals surface area contributed by atoms with E-state index in [1.165, 1.54) is 17.8 Å². The number of aryl methyl sites for hydroxylation is 1. The zero-order valence-corrected chi connectivity index (χ0v) is 17.0. The van der Waals surface area contributed by atoms with Gasteiger partial charge in [0, 0.05) is 55.5 Å². The maximum Gasteiger partial charge on any atom is 0.126 e. The molecule has 29 heavy (non-hydrogen) atoms. The van der Waals surface area contributed by atoms with E-state index in [9.17, 15) is 4.39 Å². The average molecular weight is 397 g/mol. The van der Waals surface area contributed by atoms with Crippen LogP contribution in [0.25, 0.3) is 0 Å². The van der Waals surface area contributed by atoms with Crippen LogP contribution in [0, 0.1) is 29.5 Å². The SMILES string of the molecule is CNc1ccc(CN2CC(COc3ccc(F)c(C)c3)C3(COC3)C2)cc1C=N. The number of benzene rings is 2. The first-order valence-corrected chi connectivity index (χ1v) is 10.0. The Morgan fingerprint density at radius 2 is 2.14 bits per heavy atom. The van der Waals surface area contributed by atoms with Crippen LogP contribution in [0.2, 0.25) is 0 Å². The van der Waals surface area contributed by atoms with Crippen molar-refractivity contribution in [2.75, 3.05) is 45.3 Å². The van der Waals surface area contributed by atoms with E-state index in [1.807, 2.05) is 13.1 Å². The average Bonchev–Trinajstić information content (AvgIpc) is 3.07. The Bertz CT molecular complexity index is 898. The van der Waals surface area contributed by atoms with E-state index in [0.29, 0.717) is 18.1 Å². The van der Waals surface area contributed by atoms with Crippen molar-refractivity contribution in [3.8, 4) is 5.75 Å². The number of anilines is 1. The Kier molecular flexibility index (Phi) is 5.56. The monoisotopic (exact) mass is 397 g/mol. The molecule has 2 saturated heterocycles. The summed E-state index contributed by atoms with van der Waals surface area (Å²) in [6.07, 6.45) is 1.39. The topological polar surface area (TPSA) is 57.6 Å². The number of halogens is 1.